The van der Waals surface area contributed by atoms with Gasteiger partial charge in [0.1, 0.15) is 11.5 Å². The lowest BCUT2D eigenvalue weighted by Crippen LogP contribution is -2.09. The van der Waals surface area contributed by atoms with E-state index >= 15 is 0 Å². The molecule has 0 aliphatic carbocycles. The van der Waals surface area contributed by atoms with E-state index in [-0.39, 0.29) is 20.5 Å². The van der Waals surface area contributed by atoms with E-state index in [1.165, 1.54) is 18.2 Å². The van der Waals surface area contributed by atoms with Crippen molar-refractivity contribution in [2.45, 2.75) is 6.18 Å². The Bertz CT molecular complexity index is 681. The van der Waals surface area contributed by atoms with Crippen molar-refractivity contribution >= 4 is 28.1 Å². The fourth-order valence-electron chi connectivity index (χ4n) is 1.45. The highest BCUT2D eigenvalue weighted by Crippen LogP contribution is 2.31. The Hall–Kier alpha value is -1.28. The number of nitrogens with one attached hydrogen (secondary N) is 1. The molecule has 100 valence electrons. The van der Waals surface area contributed by atoms with E-state index in [0.29, 0.717) is 0 Å². The summed E-state index contributed by atoms with van der Waals surface area (Å²) < 4.78 is 51.5. The summed E-state index contributed by atoms with van der Waals surface area (Å²) in [6.07, 6.45) is -4.60. The normalized spacial score (nSPS) is 11.6. The first-order valence-electron chi connectivity index (χ1n) is 4.92. The number of hydrogen-bond acceptors (Lipinski definition) is 2. The van der Waals surface area contributed by atoms with Crippen LogP contribution in [0, 0.1) is 10.6 Å². The molecule has 1 N–H and O–H groups in total. The number of nitrogens with zero attached hydrogens (tertiary/aromatic N) is 1. The second kappa shape index (κ2) is 5.01. The first-order chi connectivity index (χ1) is 8.79. The summed E-state index contributed by atoms with van der Waals surface area (Å²) in [5.41, 5.74) is -1.29. The molecule has 1 heterocycles. The Morgan fingerprint density at radius 3 is 2.58 bits per heavy atom. The minimum absolute atomic E-state index is 0.0556. The third kappa shape index (κ3) is 3.01. The van der Waals surface area contributed by atoms with Crippen LogP contribution >= 0.6 is 28.1 Å². The summed E-state index contributed by atoms with van der Waals surface area (Å²) in [4.78, 5) is 5.65. The first kappa shape index (κ1) is 14.1. The van der Waals surface area contributed by atoms with Crippen LogP contribution in [0.3, 0.4) is 0 Å². The van der Waals surface area contributed by atoms with Crippen molar-refractivity contribution in [3.05, 3.63) is 45.0 Å². The molecular weight excluding hydrogens is 348 g/mol. The zero-order chi connectivity index (χ0) is 14.2. The van der Waals surface area contributed by atoms with Gasteiger partial charge in [0, 0.05) is 5.56 Å². The summed E-state index contributed by atoms with van der Waals surface area (Å²) in [5.74, 6) is -0.691. The number of halogens is 5. The molecule has 8 heteroatoms. The molecule has 2 rings (SSSR count). The van der Waals surface area contributed by atoms with E-state index in [9.17, 15) is 17.6 Å². The molecule has 0 aliphatic heterocycles. The fourth-order valence-corrected chi connectivity index (χ4v) is 2.02. The van der Waals surface area contributed by atoms with Crippen molar-refractivity contribution in [2.24, 2.45) is 0 Å². The molecular formula is C11H5BrF4N2S. The molecule has 0 saturated carbocycles. The van der Waals surface area contributed by atoms with Crippen molar-refractivity contribution in [2.75, 3.05) is 0 Å². The van der Waals surface area contributed by atoms with Crippen LogP contribution in [0.25, 0.3) is 11.3 Å². The van der Waals surface area contributed by atoms with Crippen molar-refractivity contribution in [3.63, 3.8) is 0 Å². The van der Waals surface area contributed by atoms with Crippen molar-refractivity contribution < 1.29 is 17.6 Å². The van der Waals surface area contributed by atoms with Crippen molar-refractivity contribution in [1.82, 2.24) is 9.97 Å². The molecule has 0 amide bonds. The SMILES string of the molecule is Fc1c(Br)cccc1-c1cc(C(F)(F)F)[nH]c(=S)n1. The molecule has 0 radical (unpaired) electrons. The van der Waals surface area contributed by atoms with E-state index in [4.69, 9.17) is 0 Å². The summed E-state index contributed by atoms with van der Waals surface area (Å²) in [5, 5.41) is 0. The molecule has 1 aromatic heterocycles. The van der Waals surface area contributed by atoms with Crippen molar-refractivity contribution in [1.29, 1.82) is 0 Å². The number of hydrogen-bond donors (Lipinski definition) is 1. The topological polar surface area (TPSA) is 28.7 Å². The first-order valence-corrected chi connectivity index (χ1v) is 6.12. The minimum atomic E-state index is -4.60. The molecule has 19 heavy (non-hydrogen) atoms. The van der Waals surface area contributed by atoms with Gasteiger partial charge in [0.25, 0.3) is 0 Å². The number of rotatable bonds is 1. The van der Waals surface area contributed by atoms with Crippen LogP contribution < -0.4 is 0 Å². The average molecular weight is 353 g/mol. The van der Waals surface area contributed by atoms with Gasteiger partial charge < -0.3 is 4.98 Å². The number of aromatic nitrogens is 2. The van der Waals surface area contributed by atoms with Gasteiger partial charge in [-0.15, -0.1) is 0 Å². The van der Waals surface area contributed by atoms with Crippen LogP contribution in [0.1, 0.15) is 5.69 Å². The number of H-pyrrole nitrogens is 1. The average Bonchev–Trinajstić information content (AvgIpc) is 2.31. The third-order valence-corrected chi connectivity index (χ3v) is 3.08. The van der Waals surface area contributed by atoms with Crippen LogP contribution in [0.4, 0.5) is 17.6 Å². The fraction of sp³-hybridized carbons (Fsp3) is 0.0909. The highest BCUT2D eigenvalue weighted by Gasteiger charge is 2.32. The number of aromatic amines is 1. The van der Waals surface area contributed by atoms with E-state index < -0.39 is 17.7 Å². The van der Waals surface area contributed by atoms with E-state index in [1.807, 2.05) is 4.98 Å². The summed E-state index contributed by atoms with van der Waals surface area (Å²) in [6.45, 7) is 0. The Morgan fingerprint density at radius 1 is 1.26 bits per heavy atom. The Morgan fingerprint density at radius 2 is 1.95 bits per heavy atom. The zero-order valence-electron chi connectivity index (χ0n) is 9.05. The molecule has 0 fully saturated rings. The van der Waals surface area contributed by atoms with Gasteiger partial charge in [0.15, 0.2) is 4.77 Å². The van der Waals surface area contributed by atoms with Crippen LogP contribution in [0.15, 0.2) is 28.7 Å². The van der Waals surface area contributed by atoms with Gasteiger partial charge in [-0.1, -0.05) is 6.07 Å². The maximum absolute atomic E-state index is 13.8. The van der Waals surface area contributed by atoms with Crippen LogP contribution in [-0.2, 0) is 6.18 Å². The molecule has 0 spiro atoms. The molecule has 0 aliphatic rings. The highest BCUT2D eigenvalue weighted by molar-refractivity contribution is 9.10. The van der Waals surface area contributed by atoms with Gasteiger partial charge in [-0.2, -0.15) is 13.2 Å². The standard InChI is InChI=1S/C11H5BrF4N2S/c12-6-3-1-2-5(9(6)13)7-4-8(11(14,15)16)18-10(19)17-7/h1-4H,(H,17,18,19). The predicted molar refractivity (Wildman–Crippen MR) is 67.5 cm³/mol. The Balaban J connectivity index is 2.67. The lowest BCUT2D eigenvalue weighted by Gasteiger charge is -2.09. The quantitative estimate of drug-likeness (QED) is 0.593. The van der Waals surface area contributed by atoms with Crippen LogP contribution in [-0.4, -0.2) is 9.97 Å². The Kier molecular flexibility index (Phi) is 3.73. The van der Waals surface area contributed by atoms with Gasteiger partial charge in [-0.3, -0.25) is 0 Å². The third-order valence-electron chi connectivity index (χ3n) is 2.28. The van der Waals surface area contributed by atoms with E-state index in [1.54, 1.807) is 0 Å². The molecule has 1 aromatic carbocycles. The molecule has 0 bridgehead atoms. The second-order valence-corrected chi connectivity index (χ2v) is 4.83. The Labute approximate surface area is 118 Å². The smallest absolute Gasteiger partial charge is 0.327 e. The van der Waals surface area contributed by atoms with Crippen LogP contribution in [0.2, 0.25) is 0 Å². The summed E-state index contributed by atoms with van der Waals surface area (Å²) in [7, 11) is 0. The van der Waals surface area contributed by atoms with Gasteiger partial charge in [0.2, 0.25) is 0 Å². The molecule has 2 nitrogen and oxygen atoms in total. The van der Waals surface area contributed by atoms with Crippen molar-refractivity contribution in [3.8, 4) is 11.3 Å². The highest BCUT2D eigenvalue weighted by atomic mass is 79.9. The zero-order valence-corrected chi connectivity index (χ0v) is 11.5. The maximum Gasteiger partial charge on any atom is 0.431 e. The van der Waals surface area contributed by atoms with Gasteiger partial charge in [-0.05, 0) is 46.3 Å². The number of alkyl halides is 3. The second-order valence-electron chi connectivity index (χ2n) is 3.58. The number of benzene rings is 1. The van der Waals surface area contributed by atoms with E-state index in [2.05, 4.69) is 33.1 Å². The van der Waals surface area contributed by atoms with Gasteiger partial charge >= 0.3 is 6.18 Å². The monoisotopic (exact) mass is 352 g/mol. The maximum atomic E-state index is 13.8. The van der Waals surface area contributed by atoms with E-state index in [0.717, 1.165) is 6.07 Å². The lowest BCUT2D eigenvalue weighted by atomic mass is 10.1. The molecule has 2 aromatic rings. The minimum Gasteiger partial charge on any atom is -0.327 e. The van der Waals surface area contributed by atoms with Gasteiger partial charge in [-0.25, -0.2) is 9.37 Å². The lowest BCUT2D eigenvalue weighted by molar-refractivity contribution is -0.141. The predicted octanol–water partition coefficient (Wildman–Crippen LogP) is 4.73. The summed E-state index contributed by atoms with van der Waals surface area (Å²) in [6, 6.07) is 4.99. The summed E-state index contributed by atoms with van der Waals surface area (Å²) >= 11 is 7.59. The largest absolute Gasteiger partial charge is 0.431 e. The van der Waals surface area contributed by atoms with Gasteiger partial charge in [0.05, 0.1) is 10.2 Å². The molecule has 0 saturated heterocycles. The molecule has 0 unspecified atom stereocenters. The molecule has 0 atom stereocenters. The van der Waals surface area contributed by atoms with Crippen LogP contribution in [0.5, 0.6) is 0 Å².